The van der Waals surface area contributed by atoms with E-state index < -0.39 is 30.9 Å². The van der Waals surface area contributed by atoms with Crippen LogP contribution in [0.3, 0.4) is 0 Å². The number of rotatable bonds is 11. The number of hydrogen-bond acceptors (Lipinski definition) is 5. The maximum atomic E-state index is 13.3. The Hall–Kier alpha value is -1.85. The number of carbonyl (C=O) groups excluding carboxylic acids is 2. The van der Waals surface area contributed by atoms with Crippen molar-refractivity contribution in [1.82, 2.24) is 0 Å². The Morgan fingerprint density at radius 3 is 2.00 bits per heavy atom. The molecule has 2 saturated carbocycles. The summed E-state index contributed by atoms with van der Waals surface area (Å²) in [6, 6.07) is 0. The van der Waals surface area contributed by atoms with Gasteiger partial charge in [0.15, 0.2) is 0 Å². The molecule has 0 aliphatic heterocycles. The molecule has 2 aliphatic carbocycles. The quantitative estimate of drug-likeness (QED) is 0.133. The maximum absolute atomic E-state index is 13.3. The number of esters is 2. The standard InChI is InChI=1S/C24H33F7O5/c1-2-34-20(32)13-6-16-4-9-19(10-5-16)36-21(33)17-7-11-18(12-8-17)35-15-3-14-22(25,26)23(27,28)24(29,30)31/h6,13,16-19H,2-5,7-12,14-15H2,1H3/b13-6+. The van der Waals surface area contributed by atoms with E-state index >= 15 is 0 Å². The average Bonchev–Trinajstić information content (AvgIpc) is 2.81. The molecule has 2 aliphatic rings. The molecule has 2 rings (SSSR count). The zero-order chi connectivity index (χ0) is 27.0. The van der Waals surface area contributed by atoms with Crippen molar-refractivity contribution >= 4 is 11.9 Å². The third-order valence-corrected chi connectivity index (χ3v) is 6.60. The topological polar surface area (TPSA) is 61.8 Å². The fraction of sp³-hybridized carbons (Fsp3) is 0.833. The third kappa shape index (κ3) is 8.62. The fourth-order valence-electron chi connectivity index (χ4n) is 4.44. The molecule has 0 heterocycles. The first kappa shape index (κ1) is 30.4. The van der Waals surface area contributed by atoms with Gasteiger partial charge >= 0.3 is 30.0 Å². The second-order valence-electron chi connectivity index (χ2n) is 9.31. The molecule has 0 saturated heterocycles. The molecule has 0 aromatic heterocycles. The smallest absolute Gasteiger partial charge is 0.459 e. The highest BCUT2D eigenvalue weighted by Crippen LogP contribution is 2.48. The minimum Gasteiger partial charge on any atom is -0.463 e. The molecule has 2 fully saturated rings. The van der Waals surface area contributed by atoms with Gasteiger partial charge in [0.05, 0.1) is 18.6 Å². The summed E-state index contributed by atoms with van der Waals surface area (Å²) in [5.74, 6) is -12.1. The largest absolute Gasteiger partial charge is 0.463 e. The van der Waals surface area contributed by atoms with Crippen LogP contribution in [0, 0.1) is 11.8 Å². The zero-order valence-corrected chi connectivity index (χ0v) is 20.1. The van der Waals surface area contributed by atoms with Crippen LogP contribution in [-0.4, -0.2) is 55.4 Å². The summed E-state index contributed by atoms with van der Waals surface area (Å²) < 4.78 is 105. The van der Waals surface area contributed by atoms with Gasteiger partial charge in [-0.2, -0.15) is 30.7 Å². The van der Waals surface area contributed by atoms with Crippen molar-refractivity contribution in [2.24, 2.45) is 11.8 Å². The summed E-state index contributed by atoms with van der Waals surface area (Å²) in [5, 5.41) is 0. The van der Waals surface area contributed by atoms with Gasteiger partial charge in [0.25, 0.3) is 0 Å². The lowest BCUT2D eigenvalue weighted by atomic mass is 9.86. The van der Waals surface area contributed by atoms with Gasteiger partial charge in [0, 0.05) is 19.1 Å². The van der Waals surface area contributed by atoms with Crippen molar-refractivity contribution in [3.63, 3.8) is 0 Å². The van der Waals surface area contributed by atoms with E-state index in [0.29, 0.717) is 45.1 Å². The number of carbonyl (C=O) groups is 2. The van der Waals surface area contributed by atoms with Gasteiger partial charge in [-0.25, -0.2) is 4.79 Å². The molecule has 36 heavy (non-hydrogen) atoms. The summed E-state index contributed by atoms with van der Waals surface area (Å²) in [6.07, 6.45) is -1.30. The number of halogens is 7. The van der Waals surface area contributed by atoms with Crippen LogP contribution in [0.15, 0.2) is 12.2 Å². The zero-order valence-electron chi connectivity index (χ0n) is 20.1. The number of ether oxygens (including phenoxy) is 3. The van der Waals surface area contributed by atoms with Crippen LogP contribution in [0.25, 0.3) is 0 Å². The lowest BCUT2D eigenvalue weighted by Gasteiger charge is -2.31. The van der Waals surface area contributed by atoms with Crippen LogP contribution in [0.1, 0.15) is 71.1 Å². The Morgan fingerprint density at radius 2 is 1.44 bits per heavy atom. The normalized spacial score (nSPS) is 26.1. The molecule has 0 aromatic rings. The fourth-order valence-corrected chi connectivity index (χ4v) is 4.44. The van der Waals surface area contributed by atoms with E-state index in [9.17, 15) is 40.3 Å². The van der Waals surface area contributed by atoms with Crippen LogP contribution < -0.4 is 0 Å². The second kappa shape index (κ2) is 13.1. The number of allylic oxidation sites excluding steroid dienone is 1. The Morgan fingerprint density at radius 1 is 0.861 bits per heavy atom. The summed E-state index contributed by atoms with van der Waals surface area (Å²) in [7, 11) is 0. The molecule has 0 unspecified atom stereocenters. The van der Waals surface area contributed by atoms with Crippen LogP contribution in [-0.2, 0) is 23.8 Å². The average molecular weight is 535 g/mol. The van der Waals surface area contributed by atoms with E-state index in [1.807, 2.05) is 6.08 Å². The van der Waals surface area contributed by atoms with Gasteiger partial charge in [-0.05, 0) is 70.6 Å². The van der Waals surface area contributed by atoms with Gasteiger partial charge in [0.2, 0.25) is 0 Å². The van der Waals surface area contributed by atoms with E-state index in [2.05, 4.69) is 0 Å². The van der Waals surface area contributed by atoms with Crippen molar-refractivity contribution in [3.8, 4) is 0 Å². The lowest BCUT2D eigenvalue weighted by molar-refractivity contribution is -0.356. The van der Waals surface area contributed by atoms with E-state index in [-0.39, 0.29) is 42.6 Å². The molecule has 208 valence electrons. The minimum atomic E-state index is -6.33. The van der Waals surface area contributed by atoms with Crippen molar-refractivity contribution < 1.29 is 54.5 Å². The van der Waals surface area contributed by atoms with Crippen molar-refractivity contribution in [1.29, 1.82) is 0 Å². The highest BCUT2D eigenvalue weighted by atomic mass is 19.4. The molecule has 12 heteroatoms. The first-order chi connectivity index (χ1) is 16.8. The van der Waals surface area contributed by atoms with Crippen molar-refractivity contribution in [2.45, 2.75) is 101 Å². The molecular formula is C24H33F7O5. The Kier molecular flexibility index (Phi) is 11.0. The molecule has 0 N–H and O–H groups in total. The van der Waals surface area contributed by atoms with Crippen LogP contribution >= 0.6 is 0 Å². The SMILES string of the molecule is CCOC(=O)/C=C/C1CCC(OC(=O)C2CCC(OCCCC(F)(F)C(F)(F)C(F)(F)F)CC2)CC1. The third-order valence-electron chi connectivity index (χ3n) is 6.60. The molecule has 0 radical (unpaired) electrons. The van der Waals surface area contributed by atoms with Crippen LogP contribution in [0.2, 0.25) is 0 Å². The summed E-state index contributed by atoms with van der Waals surface area (Å²) >= 11 is 0. The van der Waals surface area contributed by atoms with E-state index in [0.717, 1.165) is 12.8 Å². The van der Waals surface area contributed by atoms with Gasteiger partial charge in [-0.1, -0.05) is 6.08 Å². The minimum absolute atomic E-state index is 0.199. The monoisotopic (exact) mass is 534 g/mol. The van der Waals surface area contributed by atoms with Crippen LogP contribution in [0.4, 0.5) is 30.7 Å². The Bertz CT molecular complexity index is 738. The predicted octanol–water partition coefficient (Wildman–Crippen LogP) is 6.40. The van der Waals surface area contributed by atoms with E-state index in [1.54, 1.807) is 6.92 Å². The summed E-state index contributed by atoms with van der Waals surface area (Å²) in [4.78, 5) is 23.9. The summed E-state index contributed by atoms with van der Waals surface area (Å²) in [6.45, 7) is 1.66. The van der Waals surface area contributed by atoms with Gasteiger partial charge < -0.3 is 14.2 Å². The van der Waals surface area contributed by atoms with Gasteiger partial charge in [0.1, 0.15) is 6.10 Å². The van der Waals surface area contributed by atoms with Crippen molar-refractivity contribution in [3.05, 3.63) is 12.2 Å². The van der Waals surface area contributed by atoms with Crippen LogP contribution in [0.5, 0.6) is 0 Å². The molecule has 0 atom stereocenters. The Balaban J connectivity index is 1.63. The predicted molar refractivity (Wildman–Crippen MR) is 114 cm³/mol. The maximum Gasteiger partial charge on any atom is 0.459 e. The molecule has 0 aromatic carbocycles. The van der Waals surface area contributed by atoms with E-state index in [4.69, 9.17) is 14.2 Å². The lowest BCUT2D eigenvalue weighted by Crippen LogP contribution is -2.51. The molecule has 5 nitrogen and oxygen atoms in total. The van der Waals surface area contributed by atoms with Crippen molar-refractivity contribution in [2.75, 3.05) is 13.2 Å². The summed E-state index contributed by atoms with van der Waals surface area (Å²) in [5.41, 5.74) is 0. The highest BCUT2D eigenvalue weighted by molar-refractivity contribution is 5.81. The second-order valence-corrected chi connectivity index (χ2v) is 9.31. The van der Waals surface area contributed by atoms with Gasteiger partial charge in [-0.15, -0.1) is 0 Å². The molecule has 0 amide bonds. The van der Waals surface area contributed by atoms with Gasteiger partial charge in [-0.3, -0.25) is 4.79 Å². The molecule has 0 bridgehead atoms. The Labute approximate surface area is 205 Å². The number of alkyl halides is 7. The number of hydrogen-bond donors (Lipinski definition) is 0. The first-order valence-corrected chi connectivity index (χ1v) is 12.3. The first-order valence-electron chi connectivity index (χ1n) is 12.3. The molecular weight excluding hydrogens is 501 g/mol. The highest BCUT2D eigenvalue weighted by Gasteiger charge is 2.72. The van der Waals surface area contributed by atoms with E-state index in [1.165, 1.54) is 6.08 Å². The molecule has 0 spiro atoms.